The van der Waals surface area contributed by atoms with Crippen LogP contribution in [0.1, 0.15) is 0 Å². The van der Waals surface area contributed by atoms with E-state index in [4.69, 9.17) is 0 Å². The Hall–Kier alpha value is -1.10. The summed E-state index contributed by atoms with van der Waals surface area (Å²) >= 11 is 0. The van der Waals surface area contributed by atoms with Gasteiger partial charge in [-0.2, -0.15) is 0 Å². The summed E-state index contributed by atoms with van der Waals surface area (Å²) in [5.74, 6) is 0. The molecule has 0 aromatic heterocycles. The standard InChI is InChI=1S/C3H7N3O2/c1-5-3(8)6-2(4)7/h1H3,(H4,4,5,6,7,8)/p+1. The van der Waals surface area contributed by atoms with Crippen LogP contribution in [-0.2, 0) is 0 Å². The van der Waals surface area contributed by atoms with E-state index >= 15 is 0 Å². The number of carbonyl (C=O) groups excluding carboxylic acids is 2. The van der Waals surface area contributed by atoms with E-state index in [2.05, 4.69) is 11.1 Å². The average Bonchev–Trinajstić information content (AvgIpc) is 1.65. The van der Waals surface area contributed by atoms with Crippen molar-refractivity contribution in [1.82, 2.24) is 10.6 Å². The van der Waals surface area contributed by atoms with Crippen LogP contribution >= 0.6 is 0 Å². The number of carbonyl (C=O) groups is 2. The van der Waals surface area contributed by atoms with Crippen molar-refractivity contribution < 1.29 is 15.3 Å². The van der Waals surface area contributed by atoms with Crippen LogP contribution in [0, 0.1) is 0 Å². The second-order valence-corrected chi connectivity index (χ2v) is 1.13. The molecule has 0 fully saturated rings. The Kier molecular flexibility index (Phi) is 2.57. The lowest BCUT2D eigenvalue weighted by Gasteiger charge is -1.92. The normalized spacial score (nSPS) is 7.75. The zero-order valence-electron chi connectivity index (χ0n) is 4.52. The zero-order chi connectivity index (χ0) is 6.57. The van der Waals surface area contributed by atoms with Crippen LogP contribution in [0.5, 0.6) is 0 Å². The minimum atomic E-state index is -0.607. The van der Waals surface area contributed by atoms with Crippen molar-refractivity contribution in [2.75, 3.05) is 7.05 Å². The van der Waals surface area contributed by atoms with Gasteiger partial charge < -0.3 is 5.32 Å². The van der Waals surface area contributed by atoms with Crippen molar-refractivity contribution >= 4 is 12.1 Å². The molecule has 0 radical (unpaired) electrons. The maximum atomic E-state index is 10.1. The van der Waals surface area contributed by atoms with Crippen molar-refractivity contribution in [3.63, 3.8) is 0 Å². The summed E-state index contributed by atoms with van der Waals surface area (Å²) < 4.78 is 0. The Morgan fingerprint density at radius 3 is 2.12 bits per heavy atom. The first-order valence-corrected chi connectivity index (χ1v) is 2.01. The highest BCUT2D eigenvalue weighted by Crippen LogP contribution is 1.55. The first-order valence-electron chi connectivity index (χ1n) is 2.01. The van der Waals surface area contributed by atoms with Crippen LogP contribution in [0.2, 0.25) is 0 Å². The van der Waals surface area contributed by atoms with Gasteiger partial charge in [0.15, 0.2) is 0 Å². The molecule has 5 N–H and O–H groups in total. The summed E-state index contributed by atoms with van der Waals surface area (Å²) in [6.07, 6.45) is 0. The lowest BCUT2D eigenvalue weighted by atomic mass is 10.9. The van der Waals surface area contributed by atoms with Gasteiger partial charge in [-0.1, -0.05) is 0 Å². The minimum Gasteiger partial charge on any atom is -0.341 e. The van der Waals surface area contributed by atoms with Crippen LogP contribution < -0.4 is 16.4 Å². The summed E-state index contributed by atoms with van der Waals surface area (Å²) in [6, 6.07) is -1.14. The van der Waals surface area contributed by atoms with E-state index in [0.29, 0.717) is 0 Å². The van der Waals surface area contributed by atoms with Crippen LogP contribution in [0.3, 0.4) is 0 Å². The number of nitrogens with one attached hydrogen (secondary N) is 2. The van der Waals surface area contributed by atoms with E-state index in [1.54, 1.807) is 0 Å². The highest BCUT2D eigenvalue weighted by atomic mass is 16.2. The fourth-order valence-corrected chi connectivity index (χ4v) is 0.189. The first kappa shape index (κ1) is 6.90. The molecular formula is C3H8N3O2+. The maximum absolute atomic E-state index is 10.1. The van der Waals surface area contributed by atoms with Crippen molar-refractivity contribution in [3.8, 4) is 0 Å². The molecule has 0 saturated heterocycles. The molecule has 0 aromatic carbocycles. The molecule has 0 rings (SSSR count). The summed E-state index contributed by atoms with van der Waals surface area (Å²) in [6.45, 7) is 0. The number of imide groups is 1. The van der Waals surface area contributed by atoms with Crippen molar-refractivity contribution in [3.05, 3.63) is 0 Å². The first-order chi connectivity index (χ1) is 3.66. The Morgan fingerprint density at radius 2 is 2.00 bits per heavy atom. The van der Waals surface area contributed by atoms with Gasteiger partial charge in [-0.25, -0.2) is 14.9 Å². The number of amides is 4. The fraction of sp³-hybridized carbons (Fsp3) is 0.333. The Labute approximate surface area is 46.2 Å². The van der Waals surface area contributed by atoms with Crippen molar-refractivity contribution in [2.24, 2.45) is 0 Å². The third-order valence-electron chi connectivity index (χ3n) is 0.480. The van der Waals surface area contributed by atoms with Gasteiger partial charge in [-0.15, -0.1) is 0 Å². The predicted molar refractivity (Wildman–Crippen MR) is 25.9 cm³/mol. The Balaban J connectivity index is 3.40. The van der Waals surface area contributed by atoms with Gasteiger partial charge in [0.2, 0.25) is 0 Å². The molecule has 0 heterocycles. The summed E-state index contributed by atoms with van der Waals surface area (Å²) in [7, 11) is 1.41. The van der Waals surface area contributed by atoms with Gasteiger partial charge in [0.05, 0.1) is 0 Å². The molecule has 46 valence electrons. The Bertz CT molecular complexity index is 111. The van der Waals surface area contributed by atoms with Gasteiger partial charge in [0.25, 0.3) is 0 Å². The quantitative estimate of drug-likeness (QED) is 0.353. The third kappa shape index (κ3) is 3.10. The van der Waals surface area contributed by atoms with E-state index in [1.807, 2.05) is 5.32 Å². The van der Waals surface area contributed by atoms with Crippen LogP contribution in [0.25, 0.3) is 0 Å². The molecule has 4 amide bonds. The number of quaternary nitrogens is 1. The second kappa shape index (κ2) is 2.98. The molecule has 0 saturated carbocycles. The largest absolute Gasteiger partial charge is 0.419 e. The fourth-order valence-electron chi connectivity index (χ4n) is 0.189. The number of hydrogen-bond acceptors (Lipinski definition) is 2. The molecule has 0 bridgehead atoms. The number of urea groups is 2. The minimum absolute atomic E-state index is 0.537. The van der Waals surface area contributed by atoms with Crippen LogP contribution in [0.15, 0.2) is 0 Å². The smallest absolute Gasteiger partial charge is 0.341 e. The Morgan fingerprint density at radius 1 is 1.50 bits per heavy atom. The highest BCUT2D eigenvalue weighted by molar-refractivity contribution is 5.88. The van der Waals surface area contributed by atoms with Gasteiger partial charge in [0.1, 0.15) is 0 Å². The van der Waals surface area contributed by atoms with E-state index in [0.717, 1.165) is 0 Å². The van der Waals surface area contributed by atoms with Gasteiger partial charge >= 0.3 is 12.1 Å². The molecule has 0 spiro atoms. The van der Waals surface area contributed by atoms with E-state index in [9.17, 15) is 9.59 Å². The van der Waals surface area contributed by atoms with E-state index < -0.39 is 12.1 Å². The topological polar surface area (TPSA) is 85.8 Å². The SMILES string of the molecule is CNC(=O)NC([NH3+])=O. The number of rotatable bonds is 0. The molecule has 0 aromatic rings. The molecule has 0 aliphatic carbocycles. The lowest BCUT2D eigenvalue weighted by molar-refractivity contribution is -0.248. The second-order valence-electron chi connectivity index (χ2n) is 1.13. The third-order valence-corrected chi connectivity index (χ3v) is 0.480. The molecular weight excluding hydrogens is 110 g/mol. The van der Waals surface area contributed by atoms with E-state index in [1.165, 1.54) is 7.05 Å². The van der Waals surface area contributed by atoms with Crippen LogP contribution in [0.4, 0.5) is 9.59 Å². The summed E-state index contributed by atoms with van der Waals surface area (Å²) in [5.41, 5.74) is 2.92. The summed E-state index contributed by atoms with van der Waals surface area (Å²) in [4.78, 5) is 20.1. The summed E-state index contributed by atoms with van der Waals surface area (Å²) in [5, 5.41) is 4.08. The van der Waals surface area contributed by atoms with E-state index in [-0.39, 0.29) is 0 Å². The molecule has 0 aliphatic heterocycles. The zero-order valence-corrected chi connectivity index (χ0v) is 4.52. The van der Waals surface area contributed by atoms with Crippen LogP contribution in [-0.4, -0.2) is 19.1 Å². The molecule has 0 atom stereocenters. The predicted octanol–water partition coefficient (Wildman–Crippen LogP) is -1.72. The maximum Gasteiger partial charge on any atom is 0.419 e. The van der Waals surface area contributed by atoms with Gasteiger partial charge in [0, 0.05) is 7.05 Å². The monoisotopic (exact) mass is 118 g/mol. The van der Waals surface area contributed by atoms with Gasteiger partial charge in [-0.3, -0.25) is 5.73 Å². The molecule has 8 heavy (non-hydrogen) atoms. The average molecular weight is 118 g/mol. The highest BCUT2D eigenvalue weighted by Gasteiger charge is 2.00. The molecule has 5 nitrogen and oxygen atoms in total. The molecule has 0 unspecified atom stereocenters. The van der Waals surface area contributed by atoms with Crippen molar-refractivity contribution in [1.29, 1.82) is 0 Å². The molecule has 5 heteroatoms. The molecule has 0 aliphatic rings. The van der Waals surface area contributed by atoms with Gasteiger partial charge in [-0.05, 0) is 0 Å². The van der Waals surface area contributed by atoms with Crippen molar-refractivity contribution in [2.45, 2.75) is 0 Å². The number of hydrogen-bond donors (Lipinski definition) is 3. The lowest BCUT2D eigenvalue weighted by Crippen LogP contribution is -2.65.